The monoisotopic (exact) mass is 302 g/mol. The van der Waals surface area contributed by atoms with Crippen LogP contribution in [0, 0.1) is 5.92 Å². The molecule has 0 unspecified atom stereocenters. The molecule has 1 aromatic heterocycles. The van der Waals surface area contributed by atoms with Crippen molar-refractivity contribution in [2.24, 2.45) is 5.92 Å². The first kappa shape index (κ1) is 14.4. The summed E-state index contributed by atoms with van der Waals surface area (Å²) in [5.41, 5.74) is 0.846. The fraction of sp³-hybridized carbons (Fsp3) is 0.538. The van der Waals surface area contributed by atoms with Gasteiger partial charge in [-0.15, -0.1) is 0 Å². The predicted octanol–water partition coefficient (Wildman–Crippen LogP) is 3.75. The quantitative estimate of drug-likeness (QED) is 0.799. The Morgan fingerprint density at radius 3 is 2.42 bits per heavy atom. The first-order valence-electron chi connectivity index (χ1n) is 6.17. The zero-order valence-corrected chi connectivity index (χ0v) is 12.6. The number of aromatic nitrogens is 1. The molecule has 0 spiro atoms. The van der Waals surface area contributed by atoms with Crippen LogP contribution >= 0.6 is 23.2 Å². The van der Waals surface area contributed by atoms with Gasteiger partial charge >= 0.3 is 6.09 Å². The fourth-order valence-electron chi connectivity index (χ4n) is 2.33. The number of nitrogens with zero attached hydrogens (tertiary/aromatic N) is 2. The van der Waals surface area contributed by atoms with E-state index >= 15 is 0 Å². The van der Waals surface area contributed by atoms with Gasteiger partial charge in [0, 0.05) is 6.54 Å². The summed E-state index contributed by atoms with van der Waals surface area (Å²) in [6.45, 7) is 6.49. The SMILES string of the molecule is CC(C)[C@H]1OC(=O)N(Cc2cc(Cl)nc(Cl)c2)[C@@H]1C. The summed E-state index contributed by atoms with van der Waals surface area (Å²) in [6, 6.07) is 3.44. The first-order valence-corrected chi connectivity index (χ1v) is 6.93. The van der Waals surface area contributed by atoms with Gasteiger partial charge in [0.2, 0.25) is 0 Å². The van der Waals surface area contributed by atoms with Crippen LogP contribution in [-0.2, 0) is 11.3 Å². The average Bonchev–Trinajstić information content (AvgIpc) is 2.56. The van der Waals surface area contributed by atoms with Crippen molar-refractivity contribution in [1.29, 1.82) is 0 Å². The second-order valence-electron chi connectivity index (χ2n) is 5.08. The molecule has 2 rings (SSSR count). The van der Waals surface area contributed by atoms with E-state index in [1.54, 1.807) is 17.0 Å². The topological polar surface area (TPSA) is 42.4 Å². The van der Waals surface area contributed by atoms with Gasteiger partial charge in [-0.3, -0.25) is 4.90 Å². The lowest BCUT2D eigenvalue weighted by atomic mass is 10.0. The van der Waals surface area contributed by atoms with Crippen LogP contribution in [0.5, 0.6) is 0 Å². The molecule has 0 aromatic carbocycles. The van der Waals surface area contributed by atoms with Crippen LogP contribution < -0.4 is 0 Å². The van der Waals surface area contributed by atoms with Gasteiger partial charge in [0.25, 0.3) is 0 Å². The minimum Gasteiger partial charge on any atom is -0.444 e. The van der Waals surface area contributed by atoms with Crippen molar-refractivity contribution in [3.8, 4) is 0 Å². The molecule has 1 aliphatic heterocycles. The Morgan fingerprint density at radius 2 is 1.95 bits per heavy atom. The maximum atomic E-state index is 11.9. The zero-order chi connectivity index (χ0) is 14.2. The van der Waals surface area contributed by atoms with Crippen molar-refractivity contribution >= 4 is 29.3 Å². The third-order valence-corrected chi connectivity index (χ3v) is 3.66. The van der Waals surface area contributed by atoms with E-state index in [0.717, 1.165) is 5.56 Å². The standard InChI is InChI=1S/C13H16Cl2N2O2/c1-7(2)12-8(3)17(13(18)19-12)6-9-4-10(14)16-11(15)5-9/h4-5,7-8,12H,6H2,1-3H3/t8-,12-/m1/s1. The van der Waals surface area contributed by atoms with Crippen molar-refractivity contribution in [2.45, 2.75) is 39.5 Å². The number of pyridine rings is 1. The molecule has 0 saturated carbocycles. The van der Waals surface area contributed by atoms with Gasteiger partial charge in [-0.1, -0.05) is 37.0 Å². The number of amides is 1. The Morgan fingerprint density at radius 1 is 1.37 bits per heavy atom. The molecule has 1 aromatic rings. The summed E-state index contributed by atoms with van der Waals surface area (Å²) < 4.78 is 5.39. The van der Waals surface area contributed by atoms with E-state index < -0.39 is 0 Å². The van der Waals surface area contributed by atoms with Crippen LogP contribution in [0.25, 0.3) is 0 Å². The lowest BCUT2D eigenvalue weighted by Gasteiger charge is -2.22. The maximum absolute atomic E-state index is 11.9. The number of ether oxygens (including phenoxy) is 1. The molecule has 0 radical (unpaired) electrons. The van der Waals surface area contributed by atoms with Gasteiger partial charge in [0.15, 0.2) is 0 Å². The summed E-state index contributed by atoms with van der Waals surface area (Å²) >= 11 is 11.7. The number of hydrogen-bond donors (Lipinski definition) is 0. The van der Waals surface area contributed by atoms with Crippen LogP contribution in [0.2, 0.25) is 10.3 Å². The Bertz CT molecular complexity index is 473. The Hall–Kier alpha value is -1.00. The number of cyclic esters (lactones) is 1. The lowest BCUT2D eigenvalue weighted by Crippen LogP contribution is -2.35. The van der Waals surface area contributed by atoms with E-state index in [1.807, 2.05) is 20.8 Å². The molecule has 1 amide bonds. The molecular formula is C13H16Cl2N2O2. The summed E-state index contributed by atoms with van der Waals surface area (Å²) in [4.78, 5) is 17.5. The molecule has 6 heteroatoms. The molecule has 0 N–H and O–H groups in total. The van der Waals surface area contributed by atoms with Gasteiger partial charge in [0.1, 0.15) is 16.4 Å². The minimum absolute atomic E-state index is 0.0261. The van der Waals surface area contributed by atoms with Crippen LogP contribution in [-0.4, -0.2) is 28.1 Å². The molecule has 1 fully saturated rings. The van der Waals surface area contributed by atoms with Crippen molar-refractivity contribution in [1.82, 2.24) is 9.88 Å². The van der Waals surface area contributed by atoms with E-state index in [9.17, 15) is 4.79 Å². The number of rotatable bonds is 3. The van der Waals surface area contributed by atoms with Gasteiger partial charge in [0.05, 0.1) is 6.04 Å². The molecular weight excluding hydrogens is 287 g/mol. The molecule has 0 bridgehead atoms. The molecule has 1 aliphatic rings. The first-order chi connectivity index (χ1) is 8.88. The zero-order valence-electron chi connectivity index (χ0n) is 11.1. The lowest BCUT2D eigenvalue weighted by molar-refractivity contribution is 0.104. The normalized spacial score (nSPS) is 23.1. The molecule has 2 heterocycles. The second-order valence-corrected chi connectivity index (χ2v) is 5.86. The Kier molecular flexibility index (Phi) is 4.21. The number of carbonyl (C=O) groups excluding carboxylic acids is 1. The third-order valence-electron chi connectivity index (χ3n) is 3.27. The van der Waals surface area contributed by atoms with Crippen molar-refractivity contribution < 1.29 is 9.53 Å². The summed E-state index contributed by atoms with van der Waals surface area (Å²) in [7, 11) is 0. The number of carbonyl (C=O) groups is 1. The highest BCUT2D eigenvalue weighted by Gasteiger charge is 2.40. The molecule has 4 nitrogen and oxygen atoms in total. The van der Waals surface area contributed by atoms with E-state index in [0.29, 0.717) is 16.9 Å². The van der Waals surface area contributed by atoms with Crippen LogP contribution in [0.3, 0.4) is 0 Å². The molecule has 2 atom stereocenters. The van der Waals surface area contributed by atoms with Crippen LogP contribution in [0.1, 0.15) is 26.3 Å². The highest BCUT2D eigenvalue weighted by atomic mass is 35.5. The molecule has 104 valence electrons. The highest BCUT2D eigenvalue weighted by Crippen LogP contribution is 2.27. The van der Waals surface area contributed by atoms with Gasteiger partial charge in [-0.2, -0.15) is 0 Å². The summed E-state index contributed by atoms with van der Waals surface area (Å²) in [5.74, 6) is 0.286. The minimum atomic E-state index is -0.296. The molecule has 19 heavy (non-hydrogen) atoms. The molecule has 1 saturated heterocycles. The predicted molar refractivity (Wildman–Crippen MR) is 74.4 cm³/mol. The van der Waals surface area contributed by atoms with Crippen LogP contribution in [0.4, 0.5) is 4.79 Å². The van der Waals surface area contributed by atoms with E-state index in [4.69, 9.17) is 27.9 Å². The fourth-order valence-corrected chi connectivity index (χ4v) is 2.84. The van der Waals surface area contributed by atoms with Gasteiger partial charge in [-0.25, -0.2) is 9.78 Å². The Labute approximate surface area is 122 Å². The summed E-state index contributed by atoms with van der Waals surface area (Å²) in [5, 5.41) is 0.645. The highest BCUT2D eigenvalue weighted by molar-refractivity contribution is 6.32. The van der Waals surface area contributed by atoms with Crippen molar-refractivity contribution in [3.05, 3.63) is 28.0 Å². The van der Waals surface area contributed by atoms with Gasteiger partial charge < -0.3 is 4.74 Å². The van der Waals surface area contributed by atoms with Crippen molar-refractivity contribution in [2.75, 3.05) is 0 Å². The largest absolute Gasteiger partial charge is 0.444 e. The maximum Gasteiger partial charge on any atom is 0.410 e. The Balaban J connectivity index is 2.16. The molecule has 0 aliphatic carbocycles. The summed E-state index contributed by atoms with van der Waals surface area (Å²) in [6.07, 6.45) is -0.379. The average molecular weight is 303 g/mol. The number of halogens is 2. The smallest absolute Gasteiger partial charge is 0.410 e. The van der Waals surface area contributed by atoms with Crippen molar-refractivity contribution in [3.63, 3.8) is 0 Å². The van der Waals surface area contributed by atoms with E-state index in [2.05, 4.69) is 4.98 Å². The van der Waals surface area contributed by atoms with Crippen LogP contribution in [0.15, 0.2) is 12.1 Å². The van der Waals surface area contributed by atoms with E-state index in [1.165, 1.54) is 0 Å². The second kappa shape index (κ2) is 5.55. The van der Waals surface area contributed by atoms with E-state index in [-0.39, 0.29) is 24.2 Å². The third kappa shape index (κ3) is 3.12. The number of hydrogen-bond acceptors (Lipinski definition) is 3. The van der Waals surface area contributed by atoms with Gasteiger partial charge in [-0.05, 0) is 30.5 Å².